The lowest BCUT2D eigenvalue weighted by Gasteiger charge is -2.21. The van der Waals surface area contributed by atoms with Crippen LogP contribution in [0.4, 0.5) is 10.1 Å². The standard InChI is InChI=1S/C20H24FNO5.C2H6/c1-24-12-15(13-25-2)22-18-10-17(21)19(9-16(18)20(23)26-3)27-11-14-7-5-4-6-8-14;1-2/h4-10,15,22H,11-13H2,1-3H3;1-2H3. The number of halogens is 1. The first-order valence-corrected chi connectivity index (χ1v) is 9.42. The van der Waals surface area contributed by atoms with Crippen molar-refractivity contribution >= 4 is 11.7 Å². The number of esters is 1. The lowest BCUT2D eigenvalue weighted by atomic mass is 10.1. The summed E-state index contributed by atoms with van der Waals surface area (Å²) in [5.74, 6) is -1.22. The fraction of sp³-hybridized carbons (Fsp3) is 0.409. The first kappa shape index (κ1) is 24.4. The molecule has 0 radical (unpaired) electrons. The fourth-order valence-corrected chi connectivity index (χ4v) is 2.55. The highest BCUT2D eigenvalue weighted by Crippen LogP contribution is 2.28. The van der Waals surface area contributed by atoms with Crippen molar-refractivity contribution in [2.75, 3.05) is 39.9 Å². The Morgan fingerprint density at radius 1 is 1.03 bits per heavy atom. The molecule has 0 saturated carbocycles. The normalized spacial score (nSPS) is 10.2. The zero-order valence-corrected chi connectivity index (χ0v) is 17.7. The number of hydrogen-bond donors (Lipinski definition) is 1. The number of carbonyl (C=O) groups excluding carboxylic acids is 1. The number of ether oxygens (including phenoxy) is 4. The summed E-state index contributed by atoms with van der Waals surface area (Å²) in [6.07, 6.45) is 0. The Morgan fingerprint density at radius 2 is 1.66 bits per heavy atom. The first-order chi connectivity index (χ1) is 14.1. The summed E-state index contributed by atoms with van der Waals surface area (Å²) < 4.78 is 35.2. The summed E-state index contributed by atoms with van der Waals surface area (Å²) >= 11 is 0. The smallest absolute Gasteiger partial charge is 0.340 e. The van der Waals surface area contributed by atoms with E-state index in [2.05, 4.69) is 5.32 Å². The van der Waals surface area contributed by atoms with Crippen LogP contribution < -0.4 is 10.1 Å². The third-order valence-electron chi connectivity index (χ3n) is 3.81. The van der Waals surface area contributed by atoms with Gasteiger partial charge in [0.2, 0.25) is 0 Å². The summed E-state index contributed by atoms with van der Waals surface area (Å²) in [6, 6.07) is 11.6. The van der Waals surface area contributed by atoms with Crippen molar-refractivity contribution in [2.45, 2.75) is 26.5 Å². The van der Waals surface area contributed by atoms with Crippen molar-refractivity contribution in [3.8, 4) is 5.75 Å². The number of benzene rings is 2. The molecule has 0 saturated heterocycles. The molecule has 0 spiro atoms. The first-order valence-electron chi connectivity index (χ1n) is 9.42. The minimum atomic E-state index is -0.601. The molecule has 0 atom stereocenters. The molecule has 1 N–H and O–H groups in total. The second kappa shape index (κ2) is 13.5. The maximum atomic E-state index is 14.5. The van der Waals surface area contributed by atoms with Gasteiger partial charge in [0.05, 0.1) is 37.6 Å². The van der Waals surface area contributed by atoms with Crippen LogP contribution in [0.1, 0.15) is 29.8 Å². The van der Waals surface area contributed by atoms with Gasteiger partial charge in [0, 0.05) is 20.3 Å². The monoisotopic (exact) mass is 407 g/mol. The van der Waals surface area contributed by atoms with Crippen LogP contribution in [0.15, 0.2) is 42.5 Å². The van der Waals surface area contributed by atoms with Crippen LogP contribution in [0.2, 0.25) is 0 Å². The largest absolute Gasteiger partial charge is 0.486 e. The van der Waals surface area contributed by atoms with E-state index in [1.54, 1.807) is 14.2 Å². The van der Waals surface area contributed by atoms with E-state index in [1.165, 1.54) is 19.2 Å². The Morgan fingerprint density at radius 3 is 2.21 bits per heavy atom. The van der Waals surface area contributed by atoms with Gasteiger partial charge in [-0.2, -0.15) is 0 Å². The number of rotatable bonds is 10. The zero-order chi connectivity index (χ0) is 21.6. The predicted octanol–water partition coefficient (Wildman–Crippen LogP) is 4.29. The number of nitrogens with one attached hydrogen (secondary N) is 1. The summed E-state index contributed by atoms with van der Waals surface area (Å²) in [4.78, 5) is 12.2. The molecule has 29 heavy (non-hydrogen) atoms. The van der Waals surface area contributed by atoms with Gasteiger partial charge in [-0.05, 0) is 11.6 Å². The van der Waals surface area contributed by atoms with Crippen LogP contribution in [0.3, 0.4) is 0 Å². The molecule has 6 nitrogen and oxygen atoms in total. The summed E-state index contributed by atoms with van der Waals surface area (Å²) in [6.45, 7) is 4.83. The van der Waals surface area contributed by atoms with Gasteiger partial charge in [-0.3, -0.25) is 0 Å². The molecule has 0 aliphatic carbocycles. The molecular formula is C22H30FNO5. The molecule has 2 aromatic carbocycles. The van der Waals surface area contributed by atoms with Crippen molar-refractivity contribution in [1.29, 1.82) is 0 Å². The van der Waals surface area contributed by atoms with Crippen LogP contribution in [-0.2, 0) is 20.8 Å². The average Bonchev–Trinajstić information content (AvgIpc) is 2.75. The SMILES string of the molecule is CC.COCC(COC)Nc1cc(F)c(OCc2ccccc2)cc1C(=O)OC. The number of methoxy groups -OCH3 is 3. The van der Waals surface area contributed by atoms with Crippen LogP contribution in [0.5, 0.6) is 5.75 Å². The van der Waals surface area contributed by atoms with Crippen molar-refractivity contribution in [1.82, 2.24) is 0 Å². The Labute approximate surface area is 171 Å². The Hall–Kier alpha value is -2.64. The highest BCUT2D eigenvalue weighted by atomic mass is 19.1. The topological polar surface area (TPSA) is 66.0 Å². The fourth-order valence-electron chi connectivity index (χ4n) is 2.55. The second-order valence-electron chi connectivity index (χ2n) is 5.85. The van der Waals surface area contributed by atoms with Gasteiger partial charge in [-0.15, -0.1) is 0 Å². The minimum Gasteiger partial charge on any atom is -0.486 e. The van der Waals surface area contributed by atoms with Crippen LogP contribution in [0.25, 0.3) is 0 Å². The summed E-state index contributed by atoms with van der Waals surface area (Å²) in [5.41, 5.74) is 1.34. The maximum Gasteiger partial charge on any atom is 0.340 e. The molecule has 160 valence electrons. The second-order valence-corrected chi connectivity index (χ2v) is 5.85. The molecule has 0 fully saturated rings. The molecule has 7 heteroatoms. The summed E-state index contributed by atoms with van der Waals surface area (Å²) in [5, 5.41) is 3.06. The van der Waals surface area contributed by atoms with E-state index in [1.807, 2.05) is 44.2 Å². The van der Waals surface area contributed by atoms with Crippen LogP contribution >= 0.6 is 0 Å². The Bertz CT molecular complexity index is 733. The maximum absolute atomic E-state index is 14.5. The van der Waals surface area contributed by atoms with E-state index in [9.17, 15) is 9.18 Å². The van der Waals surface area contributed by atoms with E-state index >= 15 is 0 Å². The van der Waals surface area contributed by atoms with Crippen molar-refractivity contribution in [2.24, 2.45) is 0 Å². The average molecular weight is 407 g/mol. The van der Waals surface area contributed by atoms with Crippen LogP contribution in [-0.4, -0.2) is 46.6 Å². The van der Waals surface area contributed by atoms with Gasteiger partial charge >= 0.3 is 5.97 Å². The van der Waals surface area contributed by atoms with Gasteiger partial charge < -0.3 is 24.3 Å². The van der Waals surface area contributed by atoms with E-state index < -0.39 is 11.8 Å². The lowest BCUT2D eigenvalue weighted by molar-refractivity contribution is 0.0600. The minimum absolute atomic E-state index is 0.0279. The Kier molecular flexibility index (Phi) is 11.4. The van der Waals surface area contributed by atoms with E-state index in [-0.39, 0.29) is 29.6 Å². The van der Waals surface area contributed by atoms with Gasteiger partial charge in [0.15, 0.2) is 11.6 Å². The highest BCUT2D eigenvalue weighted by Gasteiger charge is 2.20. The van der Waals surface area contributed by atoms with E-state index in [0.29, 0.717) is 13.2 Å². The number of anilines is 1. The molecule has 0 heterocycles. The molecule has 0 aromatic heterocycles. The van der Waals surface area contributed by atoms with E-state index in [0.717, 1.165) is 5.56 Å². The molecule has 0 unspecified atom stereocenters. The van der Waals surface area contributed by atoms with Gasteiger partial charge in [0.25, 0.3) is 0 Å². The molecule has 0 aliphatic rings. The van der Waals surface area contributed by atoms with Gasteiger partial charge in [0.1, 0.15) is 6.61 Å². The highest BCUT2D eigenvalue weighted by molar-refractivity contribution is 5.96. The molecule has 0 amide bonds. The third kappa shape index (κ3) is 7.71. The predicted molar refractivity (Wildman–Crippen MR) is 111 cm³/mol. The van der Waals surface area contributed by atoms with Gasteiger partial charge in [-0.25, -0.2) is 9.18 Å². The Balaban J connectivity index is 0.00000204. The molecule has 0 aliphatic heterocycles. The number of hydrogen-bond acceptors (Lipinski definition) is 6. The van der Waals surface area contributed by atoms with E-state index in [4.69, 9.17) is 18.9 Å². The molecule has 2 rings (SSSR count). The van der Waals surface area contributed by atoms with Crippen LogP contribution in [0, 0.1) is 5.82 Å². The zero-order valence-electron chi connectivity index (χ0n) is 17.7. The van der Waals surface area contributed by atoms with Crippen molar-refractivity contribution in [3.05, 3.63) is 59.4 Å². The number of carbonyl (C=O) groups is 1. The van der Waals surface area contributed by atoms with Crippen molar-refractivity contribution < 1.29 is 28.1 Å². The van der Waals surface area contributed by atoms with Crippen molar-refractivity contribution in [3.63, 3.8) is 0 Å². The lowest BCUT2D eigenvalue weighted by Crippen LogP contribution is -2.30. The quantitative estimate of drug-likeness (QED) is 0.593. The molecular weight excluding hydrogens is 377 g/mol. The summed E-state index contributed by atoms with van der Waals surface area (Å²) in [7, 11) is 4.36. The third-order valence-corrected chi connectivity index (χ3v) is 3.81. The van der Waals surface area contributed by atoms with Gasteiger partial charge in [-0.1, -0.05) is 44.2 Å². The molecule has 0 bridgehead atoms. The molecule has 2 aromatic rings.